The van der Waals surface area contributed by atoms with Crippen LogP contribution in [0.3, 0.4) is 0 Å². The molecule has 0 bridgehead atoms. The summed E-state index contributed by atoms with van der Waals surface area (Å²) in [7, 11) is -3.24. The van der Waals surface area contributed by atoms with Crippen LogP contribution in [0, 0.1) is 11.3 Å². The molecule has 5 rings (SSSR count). The Morgan fingerprint density at radius 3 is 2.02 bits per heavy atom. The van der Waals surface area contributed by atoms with Crippen molar-refractivity contribution in [3.63, 3.8) is 0 Å². The highest BCUT2D eigenvalue weighted by molar-refractivity contribution is 6.99. The number of aliphatic hydroxyl groups is 1. The molecular weight excluding hydrogens is 775 g/mol. The number of aromatic nitrogens is 1. The predicted octanol–water partition coefficient (Wildman–Crippen LogP) is 5.50. The number of carboxylic acid groups (broad SMARTS) is 1. The van der Waals surface area contributed by atoms with Crippen LogP contribution in [0.4, 0.5) is 0 Å². The molecule has 5 atom stereocenters. The summed E-state index contributed by atoms with van der Waals surface area (Å²) in [5, 5.41) is 29.5. The maximum Gasteiger partial charge on any atom is 0.322 e. The zero-order valence-corrected chi connectivity index (χ0v) is 37.2. The number of aliphatic carboxylic acids is 1. The van der Waals surface area contributed by atoms with Gasteiger partial charge in [0.1, 0.15) is 18.1 Å². The van der Waals surface area contributed by atoms with Gasteiger partial charge in [-0.05, 0) is 79.6 Å². The first kappa shape index (κ1) is 45.9. The maximum atomic E-state index is 14.7. The smallest absolute Gasteiger partial charge is 0.322 e. The summed E-state index contributed by atoms with van der Waals surface area (Å²) in [5.74, 6) is -2.97. The van der Waals surface area contributed by atoms with Crippen molar-refractivity contribution in [2.45, 2.75) is 111 Å². The Labute approximate surface area is 354 Å². The zero-order valence-electron chi connectivity index (χ0n) is 36.2. The molecule has 3 aromatic carbocycles. The molecule has 1 aliphatic heterocycles. The van der Waals surface area contributed by atoms with Gasteiger partial charge in [0.2, 0.25) is 11.8 Å². The molecule has 0 saturated carbocycles. The lowest BCUT2D eigenvalue weighted by atomic mass is 9.89. The second-order valence-corrected chi connectivity index (χ2v) is 22.0. The fraction of sp³-hybridized carbons (Fsp3) is 0.426. The van der Waals surface area contributed by atoms with E-state index < -0.39 is 72.8 Å². The van der Waals surface area contributed by atoms with E-state index in [0.717, 1.165) is 21.3 Å². The average molecular weight is 836 g/mol. The quantitative estimate of drug-likeness (QED) is 0.0972. The second-order valence-electron chi connectivity index (χ2n) is 17.7. The molecule has 60 heavy (non-hydrogen) atoms. The van der Waals surface area contributed by atoms with Gasteiger partial charge in [-0.2, -0.15) is 0 Å². The predicted molar refractivity (Wildman–Crippen MR) is 238 cm³/mol. The van der Waals surface area contributed by atoms with Crippen LogP contribution in [-0.4, -0.2) is 83.0 Å². The average Bonchev–Trinajstić information content (AvgIpc) is 3.22. The number of fused-ring (bicyclic) bond motifs is 1. The SMILES string of the molecule is CC(C)C(NC(=O)C(C)(C)C=Cc1ccc2ccc([C@@H](C)O)nc2c1)C(=O)N[C@H](C(=O)N1CCCC(C(=O)O)N1)[C@@H](C)O[Si](c1ccccc1)(c1ccccc1)C(C)(C)C. The zero-order chi connectivity index (χ0) is 44.0. The number of nitrogens with one attached hydrogen (secondary N) is 3. The van der Waals surface area contributed by atoms with Gasteiger partial charge in [-0.1, -0.05) is 126 Å². The van der Waals surface area contributed by atoms with E-state index in [1.165, 1.54) is 5.01 Å². The lowest BCUT2D eigenvalue weighted by Crippen LogP contribution is -2.70. The second kappa shape index (κ2) is 19.0. The van der Waals surface area contributed by atoms with Gasteiger partial charge >= 0.3 is 5.97 Å². The van der Waals surface area contributed by atoms with Crippen molar-refractivity contribution in [3.05, 3.63) is 108 Å². The van der Waals surface area contributed by atoms with Gasteiger partial charge in [-0.15, -0.1) is 0 Å². The molecule has 12 nitrogen and oxygen atoms in total. The van der Waals surface area contributed by atoms with Crippen LogP contribution in [0.2, 0.25) is 5.04 Å². The number of hydrogen-bond donors (Lipinski definition) is 5. The number of benzene rings is 3. The lowest BCUT2D eigenvalue weighted by Gasteiger charge is -2.46. The van der Waals surface area contributed by atoms with Crippen LogP contribution in [0.25, 0.3) is 17.0 Å². The molecule has 4 aromatic rings. The minimum absolute atomic E-state index is 0.237. The van der Waals surface area contributed by atoms with Crippen molar-refractivity contribution in [2.24, 2.45) is 11.3 Å². The number of carboxylic acids is 1. The third kappa shape index (κ3) is 10.4. The van der Waals surface area contributed by atoms with Gasteiger partial charge in [0, 0.05) is 11.9 Å². The fourth-order valence-electron chi connectivity index (χ4n) is 7.68. The van der Waals surface area contributed by atoms with E-state index in [2.05, 4.69) is 41.8 Å². The summed E-state index contributed by atoms with van der Waals surface area (Å²) in [6.07, 6.45) is 2.78. The maximum absolute atomic E-state index is 14.7. The Morgan fingerprint density at radius 1 is 0.867 bits per heavy atom. The molecule has 1 saturated heterocycles. The molecule has 1 aromatic heterocycles. The highest BCUT2D eigenvalue weighted by atomic mass is 28.4. The van der Waals surface area contributed by atoms with Crippen LogP contribution >= 0.6 is 0 Å². The summed E-state index contributed by atoms with van der Waals surface area (Å²) in [6.45, 7) is 17.2. The molecule has 0 aliphatic carbocycles. The Hall–Kier alpha value is -5.21. The number of aliphatic hydroxyl groups excluding tert-OH is 1. The first-order valence-electron chi connectivity index (χ1n) is 20.7. The van der Waals surface area contributed by atoms with Crippen molar-refractivity contribution in [2.75, 3.05) is 6.54 Å². The van der Waals surface area contributed by atoms with Crippen molar-refractivity contribution < 1.29 is 33.8 Å². The normalized spacial score (nSPS) is 17.2. The lowest BCUT2D eigenvalue weighted by molar-refractivity contribution is -0.150. The van der Waals surface area contributed by atoms with E-state index in [1.54, 1.807) is 39.8 Å². The Balaban J connectivity index is 1.45. The van der Waals surface area contributed by atoms with Crippen molar-refractivity contribution in [1.82, 2.24) is 26.1 Å². The monoisotopic (exact) mass is 835 g/mol. The molecule has 1 fully saturated rings. The van der Waals surface area contributed by atoms with Gasteiger partial charge in [0.25, 0.3) is 14.2 Å². The van der Waals surface area contributed by atoms with E-state index in [1.807, 2.05) is 105 Å². The molecule has 2 unspecified atom stereocenters. The Morgan fingerprint density at radius 2 is 1.47 bits per heavy atom. The van der Waals surface area contributed by atoms with Gasteiger partial charge in [-0.25, -0.2) is 5.43 Å². The van der Waals surface area contributed by atoms with Gasteiger partial charge in [0.15, 0.2) is 0 Å². The van der Waals surface area contributed by atoms with Crippen molar-refractivity contribution in [1.29, 1.82) is 0 Å². The van der Waals surface area contributed by atoms with E-state index in [4.69, 9.17) is 4.43 Å². The molecule has 320 valence electrons. The molecule has 1 aliphatic rings. The highest BCUT2D eigenvalue weighted by Gasteiger charge is 2.52. The number of rotatable bonds is 15. The van der Waals surface area contributed by atoms with Crippen LogP contribution in [-0.2, 0) is 23.6 Å². The number of carbonyl (C=O) groups excluding carboxylic acids is 3. The number of nitrogens with zero attached hydrogens (tertiary/aromatic N) is 2. The Kier molecular flexibility index (Phi) is 14.5. The summed E-state index contributed by atoms with van der Waals surface area (Å²) in [6, 6.07) is 26.1. The first-order valence-corrected chi connectivity index (χ1v) is 22.6. The molecule has 5 N–H and O–H groups in total. The highest BCUT2D eigenvalue weighted by Crippen LogP contribution is 2.38. The number of hydrazine groups is 1. The minimum Gasteiger partial charge on any atom is -0.480 e. The summed E-state index contributed by atoms with van der Waals surface area (Å²) in [5.41, 5.74) is 3.89. The fourth-order valence-corrected chi connectivity index (χ4v) is 12.4. The molecular formula is C47H61N5O7Si. The molecule has 2 heterocycles. The third-order valence-electron chi connectivity index (χ3n) is 11.2. The van der Waals surface area contributed by atoms with Crippen LogP contribution in [0.1, 0.15) is 92.5 Å². The molecule has 3 amide bonds. The van der Waals surface area contributed by atoms with E-state index in [0.29, 0.717) is 24.1 Å². The standard InChI is InChI=1S/C47H61N5O7Si/c1-30(2)40(50-45(58)47(8,9)27-26-33-22-23-34-24-25-37(31(3)53)48-39(34)29-33)42(54)49-41(43(55)52-28-16-21-38(51-52)44(56)57)32(4)59-60(46(5,6)7,35-17-12-10-13-18-35)36-19-14-11-15-20-36/h10-15,17-20,22-27,29-32,38,40-41,51,53H,16,21,28H2,1-9H3,(H,49,54)(H,50,58)(H,56,57)/t31-,32-,38?,40?,41+/m1/s1. The van der Waals surface area contributed by atoms with Gasteiger partial charge in [0.05, 0.1) is 28.8 Å². The summed E-state index contributed by atoms with van der Waals surface area (Å²) < 4.78 is 7.34. The molecule has 0 spiro atoms. The number of hydrogen-bond acceptors (Lipinski definition) is 8. The van der Waals surface area contributed by atoms with Crippen LogP contribution in [0.15, 0.2) is 97.1 Å². The topological polar surface area (TPSA) is 170 Å². The Bertz CT molecular complexity index is 2130. The molecule has 13 heteroatoms. The number of carbonyl (C=O) groups is 4. The first-order chi connectivity index (χ1) is 28.2. The van der Waals surface area contributed by atoms with Crippen molar-refractivity contribution in [3.8, 4) is 0 Å². The number of amides is 3. The van der Waals surface area contributed by atoms with Crippen LogP contribution in [0.5, 0.6) is 0 Å². The van der Waals surface area contributed by atoms with E-state index >= 15 is 0 Å². The van der Waals surface area contributed by atoms with E-state index in [-0.39, 0.29) is 12.5 Å². The third-order valence-corrected chi connectivity index (χ3v) is 16.4. The van der Waals surface area contributed by atoms with E-state index in [9.17, 15) is 29.4 Å². The summed E-state index contributed by atoms with van der Waals surface area (Å²) >= 11 is 0. The summed E-state index contributed by atoms with van der Waals surface area (Å²) in [4.78, 5) is 59.8. The largest absolute Gasteiger partial charge is 0.480 e. The van der Waals surface area contributed by atoms with Crippen molar-refractivity contribution >= 4 is 59.4 Å². The van der Waals surface area contributed by atoms with Gasteiger partial charge < -0.3 is 25.3 Å². The van der Waals surface area contributed by atoms with Gasteiger partial charge in [-0.3, -0.25) is 29.2 Å². The minimum atomic E-state index is -3.24. The number of pyridine rings is 1. The molecule has 0 radical (unpaired) electrons. The van der Waals surface area contributed by atoms with Crippen LogP contribution < -0.4 is 26.4 Å².